The summed E-state index contributed by atoms with van der Waals surface area (Å²) < 4.78 is 11.2. The summed E-state index contributed by atoms with van der Waals surface area (Å²) in [6.45, 7) is 6.74. The lowest BCUT2D eigenvalue weighted by atomic mass is 10.1. The highest BCUT2D eigenvalue weighted by atomic mass is 16.5. The number of ketones is 2. The van der Waals surface area contributed by atoms with Gasteiger partial charge in [-0.15, -0.1) is 0 Å². The summed E-state index contributed by atoms with van der Waals surface area (Å²) in [5, 5.41) is 0. The van der Waals surface area contributed by atoms with Gasteiger partial charge < -0.3 is 9.47 Å². The quantitative estimate of drug-likeness (QED) is 0.629. The number of hydrogen-bond donors (Lipinski definition) is 0. The van der Waals surface area contributed by atoms with Crippen LogP contribution in [-0.2, 0) is 9.59 Å². The normalized spacial score (nSPS) is 17.4. The number of hydrogen-bond acceptors (Lipinski definition) is 6. The van der Waals surface area contributed by atoms with Crippen molar-refractivity contribution in [2.75, 3.05) is 52.5 Å². The lowest BCUT2D eigenvalue weighted by Crippen LogP contribution is -2.36. The molecule has 2 aromatic carbocycles. The van der Waals surface area contributed by atoms with Crippen LogP contribution < -0.4 is 9.47 Å². The average Bonchev–Trinajstić information content (AvgIpc) is 2.84. The predicted molar refractivity (Wildman–Crippen MR) is 125 cm³/mol. The molecule has 0 spiro atoms. The van der Waals surface area contributed by atoms with E-state index in [9.17, 15) is 9.59 Å². The van der Waals surface area contributed by atoms with Crippen LogP contribution >= 0.6 is 0 Å². The van der Waals surface area contributed by atoms with Crippen molar-refractivity contribution in [1.82, 2.24) is 9.80 Å². The van der Waals surface area contributed by atoms with E-state index in [4.69, 9.17) is 9.47 Å². The Bertz CT molecular complexity index is 724. The van der Waals surface area contributed by atoms with Gasteiger partial charge in [0.05, 0.1) is 0 Å². The summed E-state index contributed by atoms with van der Waals surface area (Å²) in [7, 11) is 0. The molecule has 2 fully saturated rings. The van der Waals surface area contributed by atoms with E-state index in [0.717, 1.165) is 50.8 Å². The first-order chi connectivity index (χ1) is 15.7. The number of para-hydroxylation sites is 2. The van der Waals surface area contributed by atoms with Gasteiger partial charge in [-0.05, 0) is 24.3 Å². The molecule has 0 saturated carbocycles. The molecule has 6 nitrogen and oxygen atoms in total. The Labute approximate surface area is 191 Å². The lowest BCUT2D eigenvalue weighted by molar-refractivity contribution is -0.122. The van der Waals surface area contributed by atoms with Crippen LogP contribution in [-0.4, -0.2) is 73.8 Å². The van der Waals surface area contributed by atoms with E-state index < -0.39 is 0 Å². The maximum Gasteiger partial charge on any atom is 0.135 e. The van der Waals surface area contributed by atoms with E-state index >= 15 is 0 Å². The molecular weight excluding hydrogens is 404 g/mol. The van der Waals surface area contributed by atoms with E-state index in [2.05, 4.69) is 9.80 Å². The minimum Gasteiger partial charge on any atom is -0.492 e. The molecule has 0 amide bonds. The first kappa shape index (κ1) is 24.0. The Morgan fingerprint density at radius 3 is 1.25 bits per heavy atom. The van der Waals surface area contributed by atoms with Gasteiger partial charge in [0.1, 0.15) is 36.3 Å². The van der Waals surface area contributed by atoms with Crippen molar-refractivity contribution in [2.24, 2.45) is 0 Å². The molecule has 172 valence electrons. The highest BCUT2D eigenvalue weighted by Crippen LogP contribution is 2.10. The summed E-state index contributed by atoms with van der Waals surface area (Å²) in [6, 6.07) is 19.7. The number of rotatable bonds is 8. The molecule has 2 saturated heterocycles. The zero-order valence-corrected chi connectivity index (χ0v) is 18.8. The van der Waals surface area contributed by atoms with E-state index in [1.807, 2.05) is 60.7 Å². The fourth-order valence-corrected chi connectivity index (χ4v) is 3.67. The second-order valence-corrected chi connectivity index (χ2v) is 8.08. The highest BCUT2D eigenvalue weighted by molar-refractivity contribution is 5.79. The molecule has 0 atom stereocenters. The van der Waals surface area contributed by atoms with Gasteiger partial charge in [0, 0.05) is 65.0 Å². The monoisotopic (exact) mass is 438 g/mol. The molecule has 6 heteroatoms. The molecule has 2 aliphatic heterocycles. The van der Waals surface area contributed by atoms with Gasteiger partial charge in [0.2, 0.25) is 0 Å². The Morgan fingerprint density at radius 2 is 0.906 bits per heavy atom. The number of ether oxygens (including phenoxy) is 2. The maximum atomic E-state index is 11.0. The molecule has 0 aromatic heterocycles. The Kier molecular flexibility index (Phi) is 10.2. The molecule has 0 bridgehead atoms. The SMILES string of the molecule is O=C1CCN(CCOc2ccccc2)CC1.O=C1CCN(CCOc2ccccc2)CC1. The van der Waals surface area contributed by atoms with Crippen LogP contribution in [0.4, 0.5) is 0 Å². The molecule has 2 aromatic rings. The number of nitrogens with zero attached hydrogens (tertiary/aromatic N) is 2. The zero-order chi connectivity index (χ0) is 22.4. The van der Waals surface area contributed by atoms with Crippen molar-refractivity contribution in [3.63, 3.8) is 0 Å². The fourth-order valence-electron chi connectivity index (χ4n) is 3.67. The first-order valence-electron chi connectivity index (χ1n) is 11.5. The van der Waals surface area contributed by atoms with Gasteiger partial charge in [-0.25, -0.2) is 0 Å². The fraction of sp³-hybridized carbons (Fsp3) is 0.462. The van der Waals surface area contributed by atoms with Crippen LogP contribution in [0.5, 0.6) is 11.5 Å². The number of benzene rings is 2. The van der Waals surface area contributed by atoms with Crippen LogP contribution in [0.15, 0.2) is 60.7 Å². The summed E-state index contributed by atoms with van der Waals surface area (Å²) in [6.07, 6.45) is 2.80. The standard InChI is InChI=1S/2C13H17NO2/c2*15-12-6-8-14(9-7-12)10-11-16-13-4-2-1-3-5-13/h2*1-5H,6-11H2. The minimum atomic E-state index is 0.389. The second kappa shape index (κ2) is 13.7. The first-order valence-corrected chi connectivity index (χ1v) is 11.5. The highest BCUT2D eigenvalue weighted by Gasteiger charge is 2.16. The number of carbonyl (C=O) groups excluding carboxylic acids is 2. The van der Waals surface area contributed by atoms with Crippen molar-refractivity contribution >= 4 is 11.6 Å². The van der Waals surface area contributed by atoms with Crippen LogP contribution in [0.2, 0.25) is 0 Å². The molecule has 0 radical (unpaired) electrons. The summed E-state index contributed by atoms with van der Waals surface area (Å²) in [5.41, 5.74) is 0. The third-order valence-corrected chi connectivity index (χ3v) is 5.67. The van der Waals surface area contributed by atoms with Crippen molar-refractivity contribution in [1.29, 1.82) is 0 Å². The van der Waals surface area contributed by atoms with Crippen LogP contribution in [0.25, 0.3) is 0 Å². The summed E-state index contributed by atoms with van der Waals surface area (Å²) in [5.74, 6) is 2.60. The Morgan fingerprint density at radius 1 is 0.562 bits per heavy atom. The lowest BCUT2D eigenvalue weighted by Gasteiger charge is -2.25. The average molecular weight is 439 g/mol. The molecule has 4 rings (SSSR count). The van der Waals surface area contributed by atoms with E-state index in [1.54, 1.807) is 0 Å². The molecule has 2 heterocycles. The minimum absolute atomic E-state index is 0.389. The van der Waals surface area contributed by atoms with E-state index in [-0.39, 0.29) is 0 Å². The van der Waals surface area contributed by atoms with Gasteiger partial charge in [0.25, 0.3) is 0 Å². The molecule has 0 N–H and O–H groups in total. The third-order valence-electron chi connectivity index (χ3n) is 5.67. The molecular formula is C26H34N2O4. The van der Waals surface area contributed by atoms with Crippen LogP contribution in [0.1, 0.15) is 25.7 Å². The summed E-state index contributed by atoms with van der Waals surface area (Å²) >= 11 is 0. The van der Waals surface area contributed by atoms with Gasteiger partial charge >= 0.3 is 0 Å². The largest absolute Gasteiger partial charge is 0.492 e. The van der Waals surface area contributed by atoms with Crippen LogP contribution in [0.3, 0.4) is 0 Å². The van der Waals surface area contributed by atoms with Gasteiger partial charge in [-0.3, -0.25) is 19.4 Å². The smallest absolute Gasteiger partial charge is 0.135 e. The van der Waals surface area contributed by atoms with Crippen molar-refractivity contribution in [2.45, 2.75) is 25.7 Å². The number of likely N-dealkylation sites (tertiary alicyclic amines) is 2. The van der Waals surface area contributed by atoms with Crippen molar-refractivity contribution < 1.29 is 19.1 Å². The Hall–Kier alpha value is -2.70. The number of piperidine rings is 2. The van der Waals surface area contributed by atoms with E-state index in [1.165, 1.54) is 0 Å². The topological polar surface area (TPSA) is 59.1 Å². The number of Topliss-reactive ketones (excluding diaryl/α,β-unsaturated/α-hetero) is 2. The predicted octanol–water partition coefficient (Wildman–Crippen LogP) is 3.46. The van der Waals surface area contributed by atoms with Gasteiger partial charge in [0.15, 0.2) is 0 Å². The zero-order valence-electron chi connectivity index (χ0n) is 18.8. The molecule has 0 unspecified atom stereocenters. The van der Waals surface area contributed by atoms with Crippen molar-refractivity contribution in [3.05, 3.63) is 60.7 Å². The molecule has 0 aliphatic carbocycles. The van der Waals surface area contributed by atoms with Crippen LogP contribution in [0, 0.1) is 0 Å². The molecule has 2 aliphatic rings. The maximum absolute atomic E-state index is 11.0. The number of carbonyl (C=O) groups is 2. The summed E-state index contributed by atoms with van der Waals surface area (Å²) in [4.78, 5) is 26.7. The van der Waals surface area contributed by atoms with Gasteiger partial charge in [-0.2, -0.15) is 0 Å². The Balaban J connectivity index is 0.000000181. The second-order valence-electron chi connectivity index (χ2n) is 8.08. The van der Waals surface area contributed by atoms with E-state index in [0.29, 0.717) is 50.5 Å². The molecule has 32 heavy (non-hydrogen) atoms. The van der Waals surface area contributed by atoms with Gasteiger partial charge in [-0.1, -0.05) is 36.4 Å². The third kappa shape index (κ3) is 9.20. The van der Waals surface area contributed by atoms with Crippen molar-refractivity contribution in [3.8, 4) is 11.5 Å².